The van der Waals surface area contributed by atoms with Crippen LogP contribution in [0.5, 0.6) is 5.75 Å². The first-order chi connectivity index (χ1) is 9.83. The topological polar surface area (TPSA) is 61.0 Å². The third-order valence-corrected chi connectivity index (χ3v) is 3.49. The number of benzene rings is 1. The van der Waals surface area contributed by atoms with E-state index in [0.29, 0.717) is 6.54 Å². The Morgan fingerprint density at radius 1 is 1.35 bits per heavy atom. The predicted octanol–water partition coefficient (Wildman–Crippen LogP) is 2.09. The molecule has 0 aliphatic heterocycles. The van der Waals surface area contributed by atoms with Gasteiger partial charge in [0.05, 0.1) is 19.9 Å². The van der Waals surface area contributed by atoms with E-state index >= 15 is 0 Å². The lowest BCUT2D eigenvalue weighted by Crippen LogP contribution is -1.94. The standard InChI is InChI=1S/C15H15N3OS/c1-19-14-5-4-12(3-2-6-16)9-13(14)11-20-15-10-17-7-8-18-15/h4-5,7-10H,6,11,16H2,1H3. The molecule has 4 nitrogen and oxygen atoms in total. The first kappa shape index (κ1) is 14.4. The lowest BCUT2D eigenvalue weighted by atomic mass is 10.1. The van der Waals surface area contributed by atoms with Crippen molar-refractivity contribution in [2.24, 2.45) is 5.73 Å². The average Bonchev–Trinajstić information content (AvgIpc) is 2.52. The highest BCUT2D eigenvalue weighted by atomic mass is 32.2. The van der Waals surface area contributed by atoms with Gasteiger partial charge in [0, 0.05) is 29.3 Å². The number of aromatic nitrogens is 2. The minimum Gasteiger partial charge on any atom is -0.496 e. The molecule has 0 radical (unpaired) electrons. The highest BCUT2D eigenvalue weighted by molar-refractivity contribution is 7.98. The summed E-state index contributed by atoms with van der Waals surface area (Å²) in [5.74, 6) is 7.47. The van der Waals surface area contributed by atoms with E-state index in [1.807, 2.05) is 18.2 Å². The van der Waals surface area contributed by atoms with Gasteiger partial charge < -0.3 is 10.5 Å². The summed E-state index contributed by atoms with van der Waals surface area (Å²) in [6, 6.07) is 5.87. The third-order valence-electron chi connectivity index (χ3n) is 2.53. The smallest absolute Gasteiger partial charge is 0.122 e. The van der Waals surface area contributed by atoms with Crippen molar-refractivity contribution in [3.05, 3.63) is 47.9 Å². The van der Waals surface area contributed by atoms with Gasteiger partial charge in [0.1, 0.15) is 10.8 Å². The fourth-order valence-corrected chi connectivity index (χ4v) is 2.43. The Kier molecular flexibility index (Phi) is 5.42. The molecule has 2 aromatic rings. The zero-order valence-corrected chi connectivity index (χ0v) is 12.0. The summed E-state index contributed by atoms with van der Waals surface area (Å²) in [6.07, 6.45) is 5.09. The molecule has 0 unspecified atom stereocenters. The Balaban J connectivity index is 2.16. The Hall–Kier alpha value is -2.03. The van der Waals surface area contributed by atoms with E-state index in [2.05, 4.69) is 21.8 Å². The molecule has 1 heterocycles. The summed E-state index contributed by atoms with van der Waals surface area (Å²) in [7, 11) is 1.66. The van der Waals surface area contributed by atoms with Gasteiger partial charge in [-0.1, -0.05) is 23.6 Å². The minimum atomic E-state index is 0.357. The molecule has 0 saturated heterocycles. The molecule has 0 aliphatic carbocycles. The van der Waals surface area contributed by atoms with Crippen molar-refractivity contribution in [3.8, 4) is 17.6 Å². The van der Waals surface area contributed by atoms with Gasteiger partial charge >= 0.3 is 0 Å². The summed E-state index contributed by atoms with van der Waals surface area (Å²) in [4.78, 5) is 8.28. The maximum atomic E-state index is 5.39. The number of nitrogens with zero attached hydrogens (tertiary/aromatic N) is 2. The molecule has 0 atom stereocenters. The molecule has 0 fully saturated rings. The molecule has 20 heavy (non-hydrogen) atoms. The van der Waals surface area contributed by atoms with Crippen molar-refractivity contribution in [1.82, 2.24) is 9.97 Å². The van der Waals surface area contributed by atoms with Crippen LogP contribution in [0, 0.1) is 11.8 Å². The summed E-state index contributed by atoms with van der Waals surface area (Å²) in [5.41, 5.74) is 7.40. The van der Waals surface area contributed by atoms with Crippen LogP contribution in [0.4, 0.5) is 0 Å². The maximum Gasteiger partial charge on any atom is 0.122 e. The van der Waals surface area contributed by atoms with Gasteiger partial charge in [-0.2, -0.15) is 0 Å². The van der Waals surface area contributed by atoms with Crippen molar-refractivity contribution >= 4 is 11.8 Å². The molecular formula is C15H15N3OS. The van der Waals surface area contributed by atoms with E-state index < -0.39 is 0 Å². The van der Waals surface area contributed by atoms with Gasteiger partial charge in [-0.05, 0) is 18.2 Å². The quantitative estimate of drug-likeness (QED) is 0.688. The Morgan fingerprint density at radius 2 is 2.25 bits per heavy atom. The number of methoxy groups -OCH3 is 1. The number of hydrogen-bond acceptors (Lipinski definition) is 5. The Bertz CT molecular complexity index is 620. The van der Waals surface area contributed by atoms with E-state index in [4.69, 9.17) is 10.5 Å². The van der Waals surface area contributed by atoms with Crippen LogP contribution in [0.25, 0.3) is 0 Å². The average molecular weight is 285 g/mol. The highest BCUT2D eigenvalue weighted by Gasteiger charge is 2.05. The predicted molar refractivity (Wildman–Crippen MR) is 80.5 cm³/mol. The van der Waals surface area contributed by atoms with Crippen LogP contribution in [-0.2, 0) is 5.75 Å². The third kappa shape index (κ3) is 3.98. The van der Waals surface area contributed by atoms with E-state index in [1.54, 1.807) is 37.5 Å². The SMILES string of the molecule is COc1ccc(C#CCN)cc1CSc1cnccn1. The number of hydrogen-bond donors (Lipinski definition) is 1. The summed E-state index contributed by atoms with van der Waals surface area (Å²) in [5, 5.41) is 0.882. The van der Waals surface area contributed by atoms with Gasteiger partial charge in [0.15, 0.2) is 0 Å². The molecule has 2 rings (SSSR count). The molecular weight excluding hydrogens is 270 g/mol. The van der Waals surface area contributed by atoms with Gasteiger partial charge in [0.2, 0.25) is 0 Å². The van der Waals surface area contributed by atoms with Gasteiger partial charge in [-0.3, -0.25) is 4.98 Å². The van der Waals surface area contributed by atoms with Crippen molar-refractivity contribution in [1.29, 1.82) is 0 Å². The fraction of sp³-hybridized carbons (Fsp3) is 0.200. The fourth-order valence-electron chi connectivity index (χ4n) is 1.63. The zero-order chi connectivity index (χ0) is 14.2. The van der Waals surface area contributed by atoms with Crippen LogP contribution in [-0.4, -0.2) is 23.6 Å². The van der Waals surface area contributed by atoms with Crippen molar-refractivity contribution in [3.63, 3.8) is 0 Å². The van der Waals surface area contributed by atoms with Crippen LogP contribution in [0.15, 0.2) is 41.8 Å². The molecule has 0 bridgehead atoms. The zero-order valence-electron chi connectivity index (χ0n) is 11.2. The van der Waals surface area contributed by atoms with E-state index in [0.717, 1.165) is 27.7 Å². The number of rotatable bonds is 4. The lowest BCUT2D eigenvalue weighted by molar-refractivity contribution is 0.411. The second-order valence-corrected chi connectivity index (χ2v) is 4.86. The second kappa shape index (κ2) is 7.53. The Labute approximate surface area is 122 Å². The molecule has 1 aromatic heterocycles. The molecule has 102 valence electrons. The summed E-state index contributed by atoms with van der Waals surface area (Å²) >= 11 is 1.61. The molecule has 2 N–H and O–H groups in total. The first-order valence-corrected chi connectivity index (χ1v) is 7.06. The Morgan fingerprint density at radius 3 is 2.95 bits per heavy atom. The number of nitrogens with two attached hydrogens (primary N) is 1. The monoisotopic (exact) mass is 285 g/mol. The summed E-state index contributed by atoms with van der Waals surface area (Å²) in [6.45, 7) is 0.357. The van der Waals surface area contributed by atoms with Gasteiger partial charge in [-0.25, -0.2) is 4.98 Å². The highest BCUT2D eigenvalue weighted by Crippen LogP contribution is 2.27. The molecule has 0 aliphatic rings. The number of thioether (sulfide) groups is 1. The molecule has 5 heteroatoms. The van der Waals surface area contributed by atoms with Crippen molar-refractivity contribution in [2.45, 2.75) is 10.8 Å². The van der Waals surface area contributed by atoms with Gasteiger partial charge in [-0.15, -0.1) is 0 Å². The maximum absolute atomic E-state index is 5.39. The normalized spacial score (nSPS) is 9.70. The van der Waals surface area contributed by atoms with Crippen molar-refractivity contribution in [2.75, 3.05) is 13.7 Å². The second-order valence-electron chi connectivity index (χ2n) is 3.86. The van der Waals surface area contributed by atoms with Crippen molar-refractivity contribution < 1.29 is 4.74 Å². The van der Waals surface area contributed by atoms with E-state index in [9.17, 15) is 0 Å². The molecule has 1 aromatic carbocycles. The molecule has 0 amide bonds. The number of ether oxygens (including phenoxy) is 1. The first-order valence-electron chi connectivity index (χ1n) is 6.08. The van der Waals surface area contributed by atoms with Crippen LogP contribution in [0.3, 0.4) is 0 Å². The minimum absolute atomic E-state index is 0.357. The van der Waals surface area contributed by atoms with Crippen LogP contribution < -0.4 is 10.5 Å². The van der Waals surface area contributed by atoms with Gasteiger partial charge in [0.25, 0.3) is 0 Å². The summed E-state index contributed by atoms with van der Waals surface area (Å²) < 4.78 is 5.37. The van der Waals surface area contributed by atoms with Crippen LogP contribution >= 0.6 is 11.8 Å². The van der Waals surface area contributed by atoms with E-state index in [1.165, 1.54) is 0 Å². The largest absolute Gasteiger partial charge is 0.496 e. The lowest BCUT2D eigenvalue weighted by Gasteiger charge is -2.08. The molecule has 0 saturated carbocycles. The van der Waals surface area contributed by atoms with E-state index in [-0.39, 0.29) is 0 Å². The molecule has 0 spiro atoms. The van der Waals surface area contributed by atoms with Crippen LogP contribution in [0.1, 0.15) is 11.1 Å². The van der Waals surface area contributed by atoms with Crippen LogP contribution in [0.2, 0.25) is 0 Å².